The Morgan fingerprint density at radius 1 is 1.20 bits per heavy atom. The van der Waals surface area contributed by atoms with Gasteiger partial charge in [-0.25, -0.2) is 4.98 Å². The first-order valence-corrected chi connectivity index (χ1v) is 10.4. The fourth-order valence-corrected chi connectivity index (χ4v) is 5.29. The third-order valence-corrected chi connectivity index (χ3v) is 7.02. The number of nitrogens with zero attached hydrogens (tertiary/aromatic N) is 2. The van der Waals surface area contributed by atoms with Crippen molar-refractivity contribution < 1.29 is 4.79 Å². The van der Waals surface area contributed by atoms with Gasteiger partial charge in [-0.2, -0.15) is 0 Å². The van der Waals surface area contributed by atoms with Crippen LogP contribution in [-0.4, -0.2) is 41.0 Å². The third kappa shape index (κ3) is 3.72. The molecule has 4 nitrogen and oxygen atoms in total. The number of thiazole rings is 1. The van der Waals surface area contributed by atoms with Crippen LogP contribution in [0.2, 0.25) is 0 Å². The van der Waals surface area contributed by atoms with E-state index in [0.717, 1.165) is 44.3 Å². The molecule has 1 aromatic heterocycles. The van der Waals surface area contributed by atoms with E-state index in [1.807, 2.05) is 11.3 Å². The van der Waals surface area contributed by atoms with Gasteiger partial charge in [-0.15, -0.1) is 11.3 Å². The molecule has 1 aliphatic heterocycles. The first kappa shape index (κ1) is 17.0. The van der Waals surface area contributed by atoms with Gasteiger partial charge in [0.25, 0.3) is 0 Å². The third-order valence-electron chi connectivity index (χ3n) is 5.82. The van der Waals surface area contributed by atoms with Crippen molar-refractivity contribution in [3.8, 4) is 0 Å². The van der Waals surface area contributed by atoms with Gasteiger partial charge in [-0.1, -0.05) is 25.0 Å². The summed E-state index contributed by atoms with van der Waals surface area (Å²) in [6.45, 7) is 4.03. The van der Waals surface area contributed by atoms with E-state index in [1.54, 1.807) is 0 Å². The number of piperidine rings is 1. The Kier molecular flexibility index (Phi) is 5.04. The first-order valence-electron chi connectivity index (χ1n) is 9.60. The Morgan fingerprint density at radius 2 is 1.92 bits per heavy atom. The van der Waals surface area contributed by atoms with Gasteiger partial charge >= 0.3 is 0 Å². The van der Waals surface area contributed by atoms with Crippen LogP contribution in [0.1, 0.15) is 56.4 Å². The van der Waals surface area contributed by atoms with Gasteiger partial charge in [0.05, 0.1) is 21.3 Å². The number of hydrogen-bond donors (Lipinski definition) is 1. The fraction of sp³-hybridized carbons (Fsp3) is 0.600. The molecule has 25 heavy (non-hydrogen) atoms. The van der Waals surface area contributed by atoms with Crippen molar-refractivity contribution in [2.24, 2.45) is 0 Å². The minimum absolute atomic E-state index is 0.0167. The van der Waals surface area contributed by atoms with Crippen molar-refractivity contribution in [1.82, 2.24) is 15.2 Å². The number of carbonyl (C=O) groups is 1. The summed E-state index contributed by atoms with van der Waals surface area (Å²) in [5.74, 6) is 0.754. The normalized spacial score (nSPS) is 21.6. The molecule has 1 amide bonds. The topological polar surface area (TPSA) is 45.2 Å². The summed E-state index contributed by atoms with van der Waals surface area (Å²) >= 11 is 1.83. The Hall–Kier alpha value is -1.46. The lowest BCUT2D eigenvalue weighted by atomic mass is 9.96. The maximum atomic E-state index is 12.5. The summed E-state index contributed by atoms with van der Waals surface area (Å²) in [5.41, 5.74) is 1.12. The molecule has 1 N–H and O–H groups in total. The van der Waals surface area contributed by atoms with Crippen molar-refractivity contribution in [2.75, 3.05) is 13.1 Å². The minimum Gasteiger partial charge on any atom is -0.352 e. The molecule has 1 saturated heterocycles. The average Bonchev–Trinajstić information content (AvgIpc) is 3.30. The van der Waals surface area contributed by atoms with E-state index in [2.05, 4.69) is 41.4 Å². The Morgan fingerprint density at radius 3 is 2.64 bits per heavy atom. The fourth-order valence-electron chi connectivity index (χ4n) is 4.16. The van der Waals surface area contributed by atoms with E-state index in [9.17, 15) is 4.79 Å². The van der Waals surface area contributed by atoms with Crippen molar-refractivity contribution >= 4 is 27.5 Å². The number of aromatic nitrogens is 1. The Bertz CT molecular complexity index is 696. The number of hydrogen-bond acceptors (Lipinski definition) is 4. The van der Waals surface area contributed by atoms with Gasteiger partial charge in [-0.3, -0.25) is 9.69 Å². The SMILES string of the molecule is C[C@@H](C(=O)NC1CCCC1)N1CCC(c2nc3ccccc3s2)CC1. The van der Waals surface area contributed by atoms with Crippen LogP contribution in [0.25, 0.3) is 10.2 Å². The van der Waals surface area contributed by atoms with E-state index in [1.165, 1.54) is 22.5 Å². The van der Waals surface area contributed by atoms with Crippen molar-refractivity contribution in [2.45, 2.75) is 63.5 Å². The standard InChI is InChI=1S/C20H27N3OS/c1-14(19(24)21-16-6-2-3-7-16)23-12-10-15(11-13-23)20-22-17-8-4-5-9-18(17)25-20/h4-5,8-9,14-16H,2-3,6-7,10-13H2,1H3,(H,21,24)/t14-/m0/s1. The summed E-state index contributed by atoms with van der Waals surface area (Å²) in [6, 6.07) is 8.78. The van der Waals surface area contributed by atoms with E-state index >= 15 is 0 Å². The second-order valence-corrected chi connectivity index (χ2v) is 8.56. The zero-order chi connectivity index (χ0) is 17.2. The van der Waals surface area contributed by atoms with Crippen LogP contribution in [0.3, 0.4) is 0 Å². The molecule has 5 heteroatoms. The average molecular weight is 358 g/mol. The predicted molar refractivity (Wildman–Crippen MR) is 103 cm³/mol. The molecule has 1 aromatic carbocycles. The quantitative estimate of drug-likeness (QED) is 0.902. The van der Waals surface area contributed by atoms with E-state index < -0.39 is 0 Å². The lowest BCUT2D eigenvalue weighted by Crippen LogP contribution is -2.49. The number of benzene rings is 1. The summed E-state index contributed by atoms with van der Waals surface area (Å²) in [6.07, 6.45) is 7.01. The number of rotatable bonds is 4. The molecule has 0 spiro atoms. The summed E-state index contributed by atoms with van der Waals surface area (Å²) in [4.78, 5) is 19.7. The zero-order valence-corrected chi connectivity index (χ0v) is 15.7. The van der Waals surface area contributed by atoms with Crippen LogP contribution < -0.4 is 5.32 Å². The summed E-state index contributed by atoms with van der Waals surface area (Å²) in [7, 11) is 0. The molecule has 2 fully saturated rings. The lowest BCUT2D eigenvalue weighted by molar-refractivity contribution is -0.127. The van der Waals surface area contributed by atoms with Crippen molar-refractivity contribution in [3.05, 3.63) is 29.3 Å². The van der Waals surface area contributed by atoms with Gasteiger partial charge in [-0.05, 0) is 57.8 Å². The second kappa shape index (κ2) is 7.42. The van der Waals surface area contributed by atoms with E-state index in [0.29, 0.717) is 12.0 Å². The highest BCUT2D eigenvalue weighted by atomic mass is 32.1. The molecule has 1 aliphatic carbocycles. The van der Waals surface area contributed by atoms with Gasteiger partial charge in [0, 0.05) is 12.0 Å². The summed E-state index contributed by atoms with van der Waals surface area (Å²) < 4.78 is 1.28. The molecule has 134 valence electrons. The maximum absolute atomic E-state index is 12.5. The molecule has 1 atom stereocenters. The minimum atomic E-state index is -0.0167. The van der Waals surface area contributed by atoms with Gasteiger partial charge in [0.2, 0.25) is 5.91 Å². The summed E-state index contributed by atoms with van der Waals surface area (Å²) in [5, 5.41) is 4.51. The molecule has 2 aliphatic rings. The van der Waals surface area contributed by atoms with Crippen LogP contribution in [-0.2, 0) is 4.79 Å². The molecule has 0 bridgehead atoms. The van der Waals surface area contributed by atoms with Crippen LogP contribution in [0, 0.1) is 0 Å². The molecule has 2 aromatic rings. The van der Waals surface area contributed by atoms with Gasteiger partial charge in [0.1, 0.15) is 0 Å². The van der Waals surface area contributed by atoms with Crippen LogP contribution in [0.4, 0.5) is 0 Å². The molecule has 0 radical (unpaired) electrons. The number of carbonyl (C=O) groups excluding carboxylic acids is 1. The molecular weight excluding hydrogens is 330 g/mol. The monoisotopic (exact) mass is 357 g/mol. The van der Waals surface area contributed by atoms with Crippen LogP contribution in [0.15, 0.2) is 24.3 Å². The van der Waals surface area contributed by atoms with Crippen LogP contribution >= 0.6 is 11.3 Å². The Balaban J connectivity index is 1.33. The maximum Gasteiger partial charge on any atom is 0.237 e. The highest BCUT2D eigenvalue weighted by Gasteiger charge is 2.29. The van der Waals surface area contributed by atoms with Crippen LogP contribution in [0.5, 0.6) is 0 Å². The van der Waals surface area contributed by atoms with E-state index in [-0.39, 0.29) is 11.9 Å². The highest BCUT2D eigenvalue weighted by molar-refractivity contribution is 7.18. The molecule has 0 unspecified atom stereocenters. The molecular formula is C20H27N3OS. The molecule has 1 saturated carbocycles. The second-order valence-electron chi connectivity index (χ2n) is 7.50. The number of nitrogens with one attached hydrogen (secondary N) is 1. The number of para-hydroxylation sites is 1. The first-order chi connectivity index (χ1) is 12.2. The number of likely N-dealkylation sites (tertiary alicyclic amines) is 1. The zero-order valence-electron chi connectivity index (χ0n) is 14.9. The molecule has 4 rings (SSSR count). The Labute approximate surface area is 153 Å². The lowest BCUT2D eigenvalue weighted by Gasteiger charge is -2.35. The predicted octanol–water partition coefficient (Wildman–Crippen LogP) is 3.92. The largest absolute Gasteiger partial charge is 0.352 e. The number of amides is 1. The molecule has 2 heterocycles. The number of fused-ring (bicyclic) bond motifs is 1. The van der Waals surface area contributed by atoms with Crippen molar-refractivity contribution in [1.29, 1.82) is 0 Å². The van der Waals surface area contributed by atoms with E-state index in [4.69, 9.17) is 4.98 Å². The smallest absolute Gasteiger partial charge is 0.237 e. The van der Waals surface area contributed by atoms with Gasteiger partial charge < -0.3 is 5.32 Å². The van der Waals surface area contributed by atoms with Crippen molar-refractivity contribution in [3.63, 3.8) is 0 Å². The highest BCUT2D eigenvalue weighted by Crippen LogP contribution is 2.34. The van der Waals surface area contributed by atoms with Gasteiger partial charge in [0.15, 0.2) is 0 Å².